The van der Waals surface area contributed by atoms with E-state index >= 15 is 0 Å². The highest BCUT2D eigenvalue weighted by atomic mass is 16.5. The molecule has 4 heterocycles. The molecule has 128 valence electrons. The Morgan fingerprint density at radius 1 is 1.33 bits per heavy atom. The first-order chi connectivity index (χ1) is 11.7. The van der Waals surface area contributed by atoms with Crippen molar-refractivity contribution in [1.82, 2.24) is 9.88 Å². The fraction of sp³-hybridized carbons (Fsp3) is 0.600. The van der Waals surface area contributed by atoms with Crippen molar-refractivity contribution in [3.05, 3.63) is 29.5 Å². The fourth-order valence-corrected chi connectivity index (χ4v) is 5.80. The lowest BCUT2D eigenvalue weighted by molar-refractivity contribution is -0.156. The van der Waals surface area contributed by atoms with Crippen LogP contribution in [0.3, 0.4) is 0 Å². The first-order valence-corrected chi connectivity index (χ1v) is 9.33. The molecule has 2 aromatic rings. The van der Waals surface area contributed by atoms with Gasteiger partial charge < -0.3 is 14.8 Å². The minimum atomic E-state index is -0.232. The number of fused-ring (bicyclic) bond motifs is 4. The van der Waals surface area contributed by atoms with Crippen molar-refractivity contribution in [2.24, 2.45) is 11.8 Å². The first-order valence-electron chi connectivity index (χ1n) is 9.33. The zero-order chi connectivity index (χ0) is 16.4. The van der Waals surface area contributed by atoms with E-state index in [-0.39, 0.29) is 6.23 Å². The Bertz CT molecular complexity index is 783. The summed E-state index contributed by atoms with van der Waals surface area (Å²) in [5.74, 6) is 2.58. The van der Waals surface area contributed by atoms with E-state index in [9.17, 15) is 5.11 Å². The monoisotopic (exact) mass is 326 g/mol. The molecule has 1 aliphatic carbocycles. The van der Waals surface area contributed by atoms with Crippen molar-refractivity contribution < 1.29 is 9.84 Å². The average molecular weight is 326 g/mol. The smallest absolute Gasteiger partial charge is 0.120 e. The summed E-state index contributed by atoms with van der Waals surface area (Å²) < 4.78 is 5.40. The molecular formula is C20H26N2O2. The zero-order valence-electron chi connectivity index (χ0n) is 14.5. The molecule has 4 nitrogen and oxygen atoms in total. The maximum absolute atomic E-state index is 10.7. The molecule has 6 rings (SSSR count). The molecule has 4 bridgehead atoms. The SMILES string of the molecule is CC[C@H]1C[C@@H]2C[C@H]3c4[nH]c5cc(OC)ccc5c4CCN(C2O)[C@@H]13. The van der Waals surface area contributed by atoms with Gasteiger partial charge in [0, 0.05) is 41.2 Å². The van der Waals surface area contributed by atoms with E-state index in [1.54, 1.807) is 7.11 Å². The number of nitrogens with one attached hydrogen (secondary N) is 1. The molecule has 1 aromatic carbocycles. The predicted molar refractivity (Wildman–Crippen MR) is 94.3 cm³/mol. The molecule has 0 amide bonds. The van der Waals surface area contributed by atoms with Crippen LogP contribution in [0.15, 0.2) is 18.2 Å². The van der Waals surface area contributed by atoms with Crippen molar-refractivity contribution in [1.29, 1.82) is 0 Å². The van der Waals surface area contributed by atoms with Crippen molar-refractivity contribution >= 4 is 10.9 Å². The van der Waals surface area contributed by atoms with Gasteiger partial charge in [-0.15, -0.1) is 0 Å². The third-order valence-corrected chi connectivity index (χ3v) is 6.86. The van der Waals surface area contributed by atoms with E-state index in [0.29, 0.717) is 23.8 Å². The van der Waals surface area contributed by atoms with E-state index in [1.165, 1.54) is 35.0 Å². The van der Waals surface area contributed by atoms with Crippen LogP contribution in [-0.2, 0) is 6.42 Å². The van der Waals surface area contributed by atoms with Gasteiger partial charge in [-0.1, -0.05) is 13.3 Å². The second-order valence-electron chi connectivity index (χ2n) is 7.83. The summed E-state index contributed by atoms with van der Waals surface area (Å²) in [5, 5.41) is 12.1. The van der Waals surface area contributed by atoms with Crippen molar-refractivity contribution in [2.75, 3.05) is 13.7 Å². The number of hydrogen-bond donors (Lipinski definition) is 2. The third-order valence-electron chi connectivity index (χ3n) is 6.86. The van der Waals surface area contributed by atoms with E-state index in [4.69, 9.17) is 4.74 Å². The zero-order valence-corrected chi connectivity index (χ0v) is 14.5. The largest absolute Gasteiger partial charge is 0.497 e. The lowest BCUT2D eigenvalue weighted by atomic mass is 9.64. The number of aromatic nitrogens is 1. The van der Waals surface area contributed by atoms with Crippen LogP contribution in [0.5, 0.6) is 5.75 Å². The number of hydrogen-bond acceptors (Lipinski definition) is 3. The number of benzene rings is 1. The second kappa shape index (κ2) is 5.24. The highest BCUT2D eigenvalue weighted by Gasteiger charge is 2.52. The lowest BCUT2D eigenvalue weighted by Gasteiger charge is -2.55. The van der Waals surface area contributed by atoms with E-state index in [0.717, 1.165) is 25.1 Å². The molecule has 2 unspecified atom stereocenters. The summed E-state index contributed by atoms with van der Waals surface area (Å²) in [7, 11) is 1.72. The van der Waals surface area contributed by atoms with Crippen molar-refractivity contribution in [2.45, 2.75) is 50.8 Å². The number of methoxy groups -OCH3 is 1. The van der Waals surface area contributed by atoms with Crippen LogP contribution < -0.4 is 4.74 Å². The highest BCUT2D eigenvalue weighted by Crippen LogP contribution is 2.52. The summed E-state index contributed by atoms with van der Waals surface area (Å²) in [6.07, 6.45) is 4.32. The van der Waals surface area contributed by atoms with Crippen LogP contribution in [-0.4, -0.2) is 40.9 Å². The number of aliphatic hydroxyl groups is 1. The van der Waals surface area contributed by atoms with Gasteiger partial charge in [-0.3, -0.25) is 4.90 Å². The Morgan fingerprint density at radius 3 is 3.00 bits per heavy atom. The summed E-state index contributed by atoms with van der Waals surface area (Å²) in [5.41, 5.74) is 4.10. The molecule has 4 aliphatic rings. The minimum Gasteiger partial charge on any atom is -0.497 e. The molecule has 1 saturated carbocycles. The Balaban J connectivity index is 1.66. The van der Waals surface area contributed by atoms with Crippen LogP contribution in [0.25, 0.3) is 10.9 Å². The van der Waals surface area contributed by atoms with Crippen LogP contribution >= 0.6 is 0 Å². The molecule has 24 heavy (non-hydrogen) atoms. The van der Waals surface area contributed by atoms with Crippen LogP contribution in [0.1, 0.15) is 43.4 Å². The molecule has 0 radical (unpaired) electrons. The second-order valence-corrected chi connectivity index (χ2v) is 7.83. The number of nitrogens with zero attached hydrogens (tertiary/aromatic N) is 1. The molecule has 6 atom stereocenters. The van der Waals surface area contributed by atoms with Crippen LogP contribution in [0, 0.1) is 11.8 Å². The maximum atomic E-state index is 10.7. The molecule has 2 N–H and O–H groups in total. The number of ether oxygens (including phenoxy) is 1. The maximum Gasteiger partial charge on any atom is 0.120 e. The molecule has 1 aromatic heterocycles. The van der Waals surface area contributed by atoms with Gasteiger partial charge in [-0.2, -0.15) is 0 Å². The quantitative estimate of drug-likeness (QED) is 0.890. The normalized spacial score (nSPS) is 37.3. The van der Waals surface area contributed by atoms with Gasteiger partial charge in [0.25, 0.3) is 0 Å². The fourth-order valence-electron chi connectivity index (χ4n) is 5.80. The van der Waals surface area contributed by atoms with Gasteiger partial charge >= 0.3 is 0 Å². The highest BCUT2D eigenvalue weighted by molar-refractivity contribution is 5.86. The predicted octanol–water partition coefficient (Wildman–Crippen LogP) is 3.26. The Hall–Kier alpha value is -1.52. The van der Waals surface area contributed by atoms with E-state index in [2.05, 4.69) is 35.0 Å². The molecule has 4 heteroatoms. The first kappa shape index (κ1) is 14.8. The number of H-pyrrole nitrogens is 1. The number of aliphatic hydroxyl groups excluding tert-OH is 1. The minimum absolute atomic E-state index is 0.232. The summed E-state index contributed by atoms with van der Waals surface area (Å²) in [6, 6.07) is 6.87. The van der Waals surface area contributed by atoms with Crippen LogP contribution in [0.2, 0.25) is 0 Å². The van der Waals surface area contributed by atoms with Gasteiger partial charge in [-0.05, 0) is 48.8 Å². The Kier molecular flexibility index (Phi) is 3.23. The average Bonchev–Trinajstić information content (AvgIpc) is 2.91. The third kappa shape index (κ3) is 1.87. The lowest BCUT2D eigenvalue weighted by Crippen LogP contribution is -2.61. The topological polar surface area (TPSA) is 48.5 Å². The summed E-state index contributed by atoms with van der Waals surface area (Å²) >= 11 is 0. The standard InChI is InChI=1S/C20H26N2O2/c1-3-11-8-12-9-16-18-15(6-7-22(19(11)16)20(12)23)14-5-4-13(24-2)10-17(14)21-18/h4-5,10-12,16,19-21,23H,3,6-9H2,1-2H3/t11-,12+,16-,19-,20?/m0/s1. The number of aromatic amines is 1. The van der Waals surface area contributed by atoms with E-state index in [1.807, 2.05) is 0 Å². The molecular weight excluding hydrogens is 300 g/mol. The molecule has 3 fully saturated rings. The Labute approximate surface area is 142 Å². The van der Waals surface area contributed by atoms with Gasteiger partial charge in [0.1, 0.15) is 12.0 Å². The number of piperidine rings is 2. The van der Waals surface area contributed by atoms with Crippen molar-refractivity contribution in [3.63, 3.8) is 0 Å². The molecule has 3 aliphatic heterocycles. The summed E-state index contributed by atoms with van der Waals surface area (Å²) in [6.45, 7) is 3.28. The van der Waals surface area contributed by atoms with Gasteiger partial charge in [0.2, 0.25) is 0 Å². The number of rotatable bonds is 2. The van der Waals surface area contributed by atoms with E-state index < -0.39 is 0 Å². The van der Waals surface area contributed by atoms with Gasteiger partial charge in [0.05, 0.1) is 7.11 Å². The van der Waals surface area contributed by atoms with Gasteiger partial charge in [0.15, 0.2) is 0 Å². The van der Waals surface area contributed by atoms with Crippen molar-refractivity contribution in [3.8, 4) is 5.75 Å². The summed E-state index contributed by atoms with van der Waals surface area (Å²) in [4.78, 5) is 6.16. The van der Waals surface area contributed by atoms with Gasteiger partial charge in [-0.25, -0.2) is 0 Å². The van der Waals surface area contributed by atoms with Crippen LogP contribution in [0.4, 0.5) is 0 Å². The Morgan fingerprint density at radius 2 is 2.21 bits per heavy atom. The molecule has 2 saturated heterocycles. The molecule has 0 spiro atoms.